The smallest absolute Gasteiger partial charge is 0.305 e. The van der Waals surface area contributed by atoms with Gasteiger partial charge in [0, 0.05) is 6.42 Å². The lowest BCUT2D eigenvalue weighted by atomic mass is 10.0. The van der Waals surface area contributed by atoms with Crippen molar-refractivity contribution in [3.8, 4) is 0 Å². The SMILES string of the molecule is Br.CCOC(=O)CCCCCCCCCCCCCCCN. The van der Waals surface area contributed by atoms with Gasteiger partial charge in [-0.2, -0.15) is 0 Å². The number of hydrogen-bond donors (Lipinski definition) is 1. The quantitative estimate of drug-likeness (QED) is 0.282. The Bertz CT molecular complexity index is 225. The van der Waals surface area contributed by atoms with Gasteiger partial charge in [0.1, 0.15) is 0 Å². The fourth-order valence-electron chi connectivity index (χ4n) is 2.59. The van der Waals surface area contributed by atoms with Gasteiger partial charge in [-0.3, -0.25) is 4.79 Å². The first-order valence-corrected chi connectivity index (χ1v) is 9.17. The van der Waals surface area contributed by atoms with Crippen LogP contribution in [0.4, 0.5) is 0 Å². The van der Waals surface area contributed by atoms with Crippen LogP contribution in [0.5, 0.6) is 0 Å². The highest BCUT2D eigenvalue weighted by Gasteiger charge is 2.00. The Labute approximate surface area is 148 Å². The first-order valence-electron chi connectivity index (χ1n) is 9.17. The van der Waals surface area contributed by atoms with Crippen LogP contribution in [0.2, 0.25) is 0 Å². The van der Waals surface area contributed by atoms with Crippen molar-refractivity contribution in [2.75, 3.05) is 13.2 Å². The molecule has 0 rings (SSSR count). The number of carbonyl (C=O) groups is 1. The molecule has 0 unspecified atom stereocenters. The number of esters is 1. The lowest BCUT2D eigenvalue weighted by Gasteiger charge is -2.03. The largest absolute Gasteiger partial charge is 0.466 e. The molecule has 3 nitrogen and oxygen atoms in total. The van der Waals surface area contributed by atoms with Crippen molar-refractivity contribution >= 4 is 23.0 Å². The van der Waals surface area contributed by atoms with Crippen molar-refractivity contribution in [3.05, 3.63) is 0 Å². The normalized spacial score (nSPS) is 10.3. The van der Waals surface area contributed by atoms with Crippen molar-refractivity contribution < 1.29 is 9.53 Å². The molecule has 0 aliphatic carbocycles. The topological polar surface area (TPSA) is 52.3 Å². The van der Waals surface area contributed by atoms with E-state index in [-0.39, 0.29) is 23.0 Å². The molecule has 0 aliphatic rings. The van der Waals surface area contributed by atoms with Gasteiger partial charge in [-0.1, -0.05) is 70.6 Å². The Morgan fingerprint density at radius 3 is 1.45 bits per heavy atom. The average Bonchev–Trinajstić information content (AvgIpc) is 2.48. The summed E-state index contributed by atoms with van der Waals surface area (Å²) in [4.78, 5) is 11.1. The number of nitrogens with two attached hydrogens (primary N) is 1. The van der Waals surface area contributed by atoms with Gasteiger partial charge >= 0.3 is 5.97 Å². The molecule has 0 saturated carbocycles. The molecule has 0 aromatic heterocycles. The lowest BCUT2D eigenvalue weighted by Crippen LogP contribution is -2.03. The molecule has 2 N–H and O–H groups in total. The standard InChI is InChI=1S/C18H37NO2.BrH/c1-2-21-18(20)16-14-12-10-8-6-4-3-5-7-9-11-13-15-17-19;/h2-17,19H2,1H3;1H. The van der Waals surface area contributed by atoms with Crippen molar-refractivity contribution in [1.29, 1.82) is 0 Å². The zero-order valence-corrected chi connectivity index (χ0v) is 16.3. The Morgan fingerprint density at radius 2 is 1.09 bits per heavy atom. The third kappa shape index (κ3) is 19.9. The first-order chi connectivity index (χ1) is 10.3. The maximum atomic E-state index is 11.1. The van der Waals surface area contributed by atoms with E-state index < -0.39 is 0 Å². The summed E-state index contributed by atoms with van der Waals surface area (Å²) in [7, 11) is 0. The Morgan fingerprint density at radius 1 is 0.727 bits per heavy atom. The second-order valence-electron chi connectivity index (χ2n) is 5.94. The molecular formula is C18H38BrNO2. The number of ether oxygens (including phenoxy) is 1. The zero-order valence-electron chi connectivity index (χ0n) is 14.6. The number of hydrogen-bond acceptors (Lipinski definition) is 3. The summed E-state index contributed by atoms with van der Waals surface area (Å²) in [6.07, 6.45) is 17.5. The van der Waals surface area contributed by atoms with E-state index in [1.54, 1.807) is 0 Å². The van der Waals surface area contributed by atoms with Crippen molar-refractivity contribution in [2.45, 2.75) is 96.8 Å². The average molecular weight is 380 g/mol. The molecule has 0 aliphatic heterocycles. The summed E-state index contributed by atoms with van der Waals surface area (Å²) in [6.45, 7) is 3.21. The molecular weight excluding hydrogens is 342 g/mol. The predicted octanol–water partition coefficient (Wildman–Crippen LogP) is 5.55. The van der Waals surface area contributed by atoms with Crippen LogP contribution in [-0.2, 0) is 9.53 Å². The number of rotatable bonds is 16. The van der Waals surface area contributed by atoms with Crippen LogP contribution >= 0.6 is 17.0 Å². The van der Waals surface area contributed by atoms with Gasteiger partial charge in [-0.05, 0) is 26.3 Å². The van der Waals surface area contributed by atoms with Crippen molar-refractivity contribution in [3.63, 3.8) is 0 Å². The maximum absolute atomic E-state index is 11.1. The minimum atomic E-state index is -0.0380. The van der Waals surface area contributed by atoms with Gasteiger partial charge in [0.05, 0.1) is 6.61 Å². The van der Waals surface area contributed by atoms with Gasteiger partial charge in [0.25, 0.3) is 0 Å². The molecule has 0 radical (unpaired) electrons. The molecule has 0 heterocycles. The van der Waals surface area contributed by atoms with Crippen LogP contribution in [0, 0.1) is 0 Å². The van der Waals surface area contributed by atoms with Crippen LogP contribution in [0.1, 0.15) is 96.8 Å². The molecule has 0 atom stereocenters. The first kappa shape index (κ1) is 24.2. The fraction of sp³-hybridized carbons (Fsp3) is 0.944. The summed E-state index contributed by atoms with van der Waals surface area (Å²) < 4.78 is 4.91. The predicted molar refractivity (Wildman–Crippen MR) is 101 cm³/mol. The Hall–Kier alpha value is -0.0900. The molecule has 0 bridgehead atoms. The minimum absolute atomic E-state index is 0. The highest BCUT2D eigenvalue weighted by atomic mass is 79.9. The zero-order chi connectivity index (χ0) is 15.6. The van der Waals surface area contributed by atoms with E-state index in [1.807, 2.05) is 6.92 Å². The van der Waals surface area contributed by atoms with Crippen molar-refractivity contribution in [2.24, 2.45) is 5.73 Å². The van der Waals surface area contributed by atoms with Crippen molar-refractivity contribution in [1.82, 2.24) is 0 Å². The third-order valence-electron chi connectivity index (χ3n) is 3.89. The molecule has 0 amide bonds. The van der Waals surface area contributed by atoms with Gasteiger partial charge in [0.15, 0.2) is 0 Å². The summed E-state index contributed by atoms with van der Waals surface area (Å²) in [5.41, 5.74) is 5.47. The van der Waals surface area contributed by atoms with E-state index in [2.05, 4.69) is 0 Å². The molecule has 4 heteroatoms. The van der Waals surface area contributed by atoms with E-state index >= 15 is 0 Å². The monoisotopic (exact) mass is 379 g/mol. The van der Waals surface area contributed by atoms with E-state index in [4.69, 9.17) is 10.5 Å². The Kier molecular flexibility index (Phi) is 23.0. The van der Waals surface area contributed by atoms with Crippen LogP contribution < -0.4 is 5.73 Å². The highest BCUT2D eigenvalue weighted by molar-refractivity contribution is 8.93. The maximum Gasteiger partial charge on any atom is 0.305 e. The van der Waals surface area contributed by atoms with Crippen LogP contribution in [-0.4, -0.2) is 19.1 Å². The fourth-order valence-corrected chi connectivity index (χ4v) is 2.59. The minimum Gasteiger partial charge on any atom is -0.466 e. The van der Waals surface area contributed by atoms with Crippen LogP contribution in [0.15, 0.2) is 0 Å². The van der Waals surface area contributed by atoms with E-state index in [0.717, 1.165) is 13.0 Å². The molecule has 134 valence electrons. The van der Waals surface area contributed by atoms with Crippen LogP contribution in [0.25, 0.3) is 0 Å². The van der Waals surface area contributed by atoms with Gasteiger partial charge in [0.2, 0.25) is 0 Å². The summed E-state index contributed by atoms with van der Waals surface area (Å²) in [5, 5.41) is 0. The van der Waals surface area contributed by atoms with Gasteiger partial charge < -0.3 is 10.5 Å². The summed E-state index contributed by atoms with van der Waals surface area (Å²) in [5.74, 6) is -0.0380. The number of unbranched alkanes of at least 4 members (excludes halogenated alkanes) is 12. The summed E-state index contributed by atoms with van der Waals surface area (Å²) in [6, 6.07) is 0. The third-order valence-corrected chi connectivity index (χ3v) is 3.89. The molecule has 22 heavy (non-hydrogen) atoms. The second-order valence-corrected chi connectivity index (χ2v) is 5.94. The van der Waals surface area contributed by atoms with Gasteiger partial charge in [-0.25, -0.2) is 0 Å². The summed E-state index contributed by atoms with van der Waals surface area (Å²) >= 11 is 0. The highest BCUT2D eigenvalue weighted by Crippen LogP contribution is 2.12. The lowest BCUT2D eigenvalue weighted by molar-refractivity contribution is -0.143. The Balaban J connectivity index is 0. The number of carbonyl (C=O) groups excluding carboxylic acids is 1. The molecule has 0 spiro atoms. The molecule has 0 saturated heterocycles. The molecule has 0 fully saturated rings. The van der Waals surface area contributed by atoms with Gasteiger partial charge in [-0.15, -0.1) is 17.0 Å². The number of halogens is 1. The molecule has 0 aromatic rings. The second kappa shape index (κ2) is 20.9. The molecule has 0 aromatic carbocycles. The van der Waals surface area contributed by atoms with E-state index in [0.29, 0.717) is 13.0 Å². The van der Waals surface area contributed by atoms with E-state index in [9.17, 15) is 4.79 Å². The van der Waals surface area contributed by atoms with Crippen LogP contribution in [0.3, 0.4) is 0 Å². The van der Waals surface area contributed by atoms with E-state index in [1.165, 1.54) is 77.0 Å².